The predicted molar refractivity (Wildman–Crippen MR) is 83.4 cm³/mol. The van der Waals surface area contributed by atoms with E-state index in [0.717, 1.165) is 7.11 Å². The smallest absolute Gasteiger partial charge is 0.326 e. The number of sulfonamides is 1. The monoisotopic (exact) mass is 344 g/mol. The van der Waals surface area contributed by atoms with Gasteiger partial charge in [0.1, 0.15) is 6.04 Å². The SMILES string of the molecule is COC(=O)C(CO)NS(=O)(=O)c1c(C)cc(NC(C)=O)cc1C. The highest BCUT2D eigenvalue weighted by atomic mass is 32.2. The molecule has 0 saturated carbocycles. The summed E-state index contributed by atoms with van der Waals surface area (Å²) in [5.74, 6) is -1.16. The van der Waals surface area contributed by atoms with Crippen molar-refractivity contribution < 1.29 is 27.9 Å². The number of amides is 1. The maximum Gasteiger partial charge on any atom is 0.326 e. The van der Waals surface area contributed by atoms with E-state index in [9.17, 15) is 18.0 Å². The molecule has 9 heteroatoms. The molecule has 0 heterocycles. The summed E-state index contributed by atoms with van der Waals surface area (Å²) in [7, 11) is -2.96. The van der Waals surface area contributed by atoms with Crippen molar-refractivity contribution in [1.29, 1.82) is 0 Å². The summed E-state index contributed by atoms with van der Waals surface area (Å²) in [6.07, 6.45) is 0. The van der Waals surface area contributed by atoms with Gasteiger partial charge in [-0.25, -0.2) is 8.42 Å². The Hall–Kier alpha value is -1.97. The zero-order valence-electron chi connectivity index (χ0n) is 13.3. The minimum Gasteiger partial charge on any atom is -0.468 e. The number of carbonyl (C=O) groups is 2. The fourth-order valence-electron chi connectivity index (χ4n) is 2.20. The first-order valence-electron chi connectivity index (χ1n) is 6.72. The van der Waals surface area contributed by atoms with Crippen LogP contribution in [0.4, 0.5) is 5.69 Å². The molecule has 23 heavy (non-hydrogen) atoms. The zero-order valence-corrected chi connectivity index (χ0v) is 14.2. The second-order valence-corrected chi connectivity index (χ2v) is 6.65. The number of ether oxygens (including phenoxy) is 1. The van der Waals surface area contributed by atoms with Crippen molar-refractivity contribution in [2.75, 3.05) is 19.0 Å². The van der Waals surface area contributed by atoms with E-state index in [4.69, 9.17) is 5.11 Å². The average Bonchev–Trinajstić information content (AvgIpc) is 2.42. The average molecular weight is 344 g/mol. The largest absolute Gasteiger partial charge is 0.468 e. The predicted octanol–water partition coefficient (Wildman–Crippen LogP) is 0.0740. The van der Waals surface area contributed by atoms with E-state index in [-0.39, 0.29) is 10.8 Å². The van der Waals surface area contributed by atoms with Crippen LogP contribution in [-0.4, -0.2) is 45.2 Å². The Balaban J connectivity index is 3.23. The van der Waals surface area contributed by atoms with Gasteiger partial charge in [-0.15, -0.1) is 0 Å². The number of aliphatic hydroxyl groups excluding tert-OH is 1. The van der Waals surface area contributed by atoms with Gasteiger partial charge in [0.05, 0.1) is 18.6 Å². The van der Waals surface area contributed by atoms with E-state index < -0.39 is 28.6 Å². The van der Waals surface area contributed by atoms with Crippen LogP contribution in [-0.2, 0) is 24.3 Å². The lowest BCUT2D eigenvalue weighted by Gasteiger charge is -2.17. The molecule has 1 unspecified atom stereocenters. The van der Waals surface area contributed by atoms with Crippen LogP contribution in [0.2, 0.25) is 0 Å². The molecule has 0 spiro atoms. The highest BCUT2D eigenvalue weighted by Gasteiger charge is 2.28. The summed E-state index contributed by atoms with van der Waals surface area (Å²) in [6.45, 7) is 3.75. The number of aliphatic hydroxyl groups is 1. The third-order valence-electron chi connectivity index (χ3n) is 3.02. The van der Waals surface area contributed by atoms with Crippen LogP contribution in [0.15, 0.2) is 17.0 Å². The topological polar surface area (TPSA) is 122 Å². The van der Waals surface area contributed by atoms with Crippen molar-refractivity contribution in [1.82, 2.24) is 4.72 Å². The second-order valence-electron chi connectivity index (χ2n) is 5.00. The van der Waals surface area contributed by atoms with E-state index in [1.165, 1.54) is 19.1 Å². The molecule has 0 aliphatic carbocycles. The standard InChI is InChI=1S/C14H20N2O6S/c1-8-5-11(15-10(3)18)6-9(2)13(8)23(20,21)16-12(7-17)14(19)22-4/h5-6,12,16-17H,7H2,1-4H3,(H,15,18). The second kappa shape index (κ2) is 7.53. The van der Waals surface area contributed by atoms with Crippen LogP contribution in [0.25, 0.3) is 0 Å². The summed E-state index contributed by atoms with van der Waals surface area (Å²) in [5, 5.41) is 11.7. The Morgan fingerprint density at radius 1 is 1.26 bits per heavy atom. The summed E-state index contributed by atoms with van der Waals surface area (Å²) in [4.78, 5) is 22.5. The number of carbonyl (C=O) groups excluding carboxylic acids is 2. The molecule has 1 amide bonds. The Bertz CT molecular complexity index is 691. The van der Waals surface area contributed by atoms with Crippen LogP contribution in [0, 0.1) is 13.8 Å². The number of esters is 1. The molecule has 0 fully saturated rings. The molecule has 1 atom stereocenters. The van der Waals surface area contributed by atoms with Gasteiger partial charge in [0.15, 0.2) is 0 Å². The van der Waals surface area contributed by atoms with Gasteiger partial charge in [-0.2, -0.15) is 4.72 Å². The van der Waals surface area contributed by atoms with Crippen molar-refractivity contribution >= 4 is 27.6 Å². The highest BCUT2D eigenvalue weighted by molar-refractivity contribution is 7.89. The molecule has 1 rings (SSSR count). The molecule has 0 radical (unpaired) electrons. The van der Waals surface area contributed by atoms with Crippen molar-refractivity contribution in [3.05, 3.63) is 23.3 Å². The van der Waals surface area contributed by atoms with Gasteiger partial charge in [-0.05, 0) is 37.1 Å². The number of anilines is 1. The molecule has 8 nitrogen and oxygen atoms in total. The lowest BCUT2D eigenvalue weighted by molar-refractivity contribution is -0.143. The fourth-order valence-corrected chi connectivity index (χ4v) is 3.83. The van der Waals surface area contributed by atoms with Crippen molar-refractivity contribution in [3.8, 4) is 0 Å². The fraction of sp³-hybridized carbons (Fsp3) is 0.429. The quantitative estimate of drug-likeness (QED) is 0.628. The molecule has 3 N–H and O–H groups in total. The lowest BCUT2D eigenvalue weighted by Crippen LogP contribution is -2.44. The van der Waals surface area contributed by atoms with Crippen molar-refractivity contribution in [2.45, 2.75) is 31.7 Å². The van der Waals surface area contributed by atoms with Crippen LogP contribution < -0.4 is 10.0 Å². The van der Waals surface area contributed by atoms with Gasteiger partial charge >= 0.3 is 5.97 Å². The van der Waals surface area contributed by atoms with Crippen LogP contribution in [0.3, 0.4) is 0 Å². The summed E-state index contributed by atoms with van der Waals surface area (Å²) in [6, 6.07) is 1.63. The Labute approximate surface area is 134 Å². The van der Waals surface area contributed by atoms with Crippen LogP contribution >= 0.6 is 0 Å². The number of nitrogens with one attached hydrogen (secondary N) is 2. The molecule has 0 aliphatic rings. The number of benzene rings is 1. The summed E-state index contributed by atoms with van der Waals surface area (Å²) in [5.41, 5.74) is 1.25. The Morgan fingerprint density at radius 3 is 2.17 bits per heavy atom. The van der Waals surface area contributed by atoms with Gasteiger partial charge in [-0.3, -0.25) is 9.59 Å². The molecular formula is C14H20N2O6S. The van der Waals surface area contributed by atoms with E-state index >= 15 is 0 Å². The molecule has 1 aromatic rings. The lowest BCUT2D eigenvalue weighted by atomic mass is 10.1. The summed E-state index contributed by atoms with van der Waals surface area (Å²) < 4.78 is 31.5. The maximum absolute atomic E-state index is 12.5. The molecule has 0 bridgehead atoms. The van der Waals surface area contributed by atoms with Gasteiger partial charge in [0, 0.05) is 12.6 Å². The first-order chi connectivity index (χ1) is 10.6. The third-order valence-corrected chi connectivity index (χ3v) is 4.79. The first kappa shape index (κ1) is 19.1. The highest BCUT2D eigenvalue weighted by Crippen LogP contribution is 2.24. The van der Waals surface area contributed by atoms with Crippen LogP contribution in [0.1, 0.15) is 18.1 Å². The van der Waals surface area contributed by atoms with Gasteiger partial charge in [-0.1, -0.05) is 0 Å². The number of rotatable bonds is 6. The minimum absolute atomic E-state index is 0.0195. The Morgan fingerprint density at radius 2 is 1.78 bits per heavy atom. The van der Waals surface area contributed by atoms with E-state index in [1.807, 2.05) is 0 Å². The van der Waals surface area contributed by atoms with E-state index in [2.05, 4.69) is 14.8 Å². The molecule has 0 saturated heterocycles. The number of methoxy groups -OCH3 is 1. The van der Waals surface area contributed by atoms with Crippen LogP contribution in [0.5, 0.6) is 0 Å². The third kappa shape index (κ3) is 4.75. The molecular weight excluding hydrogens is 324 g/mol. The normalized spacial score (nSPS) is 12.6. The Kier molecular flexibility index (Phi) is 6.25. The van der Waals surface area contributed by atoms with E-state index in [0.29, 0.717) is 16.8 Å². The molecule has 0 aromatic heterocycles. The number of aryl methyl sites for hydroxylation is 2. The van der Waals surface area contributed by atoms with Crippen molar-refractivity contribution in [2.24, 2.45) is 0 Å². The zero-order chi connectivity index (χ0) is 17.8. The van der Waals surface area contributed by atoms with Gasteiger partial charge in [0.25, 0.3) is 0 Å². The molecule has 1 aromatic carbocycles. The maximum atomic E-state index is 12.5. The van der Waals surface area contributed by atoms with Gasteiger partial charge in [0.2, 0.25) is 15.9 Å². The summed E-state index contributed by atoms with van der Waals surface area (Å²) >= 11 is 0. The number of hydrogen-bond acceptors (Lipinski definition) is 6. The van der Waals surface area contributed by atoms with E-state index in [1.54, 1.807) is 13.8 Å². The molecule has 128 valence electrons. The van der Waals surface area contributed by atoms with Crippen molar-refractivity contribution in [3.63, 3.8) is 0 Å². The van der Waals surface area contributed by atoms with Gasteiger partial charge < -0.3 is 15.2 Å². The number of hydrogen-bond donors (Lipinski definition) is 3. The minimum atomic E-state index is -4.06. The molecule has 0 aliphatic heterocycles. The first-order valence-corrected chi connectivity index (χ1v) is 8.20.